The SMILES string of the molecule is CC1(C)c2ccccc2-c2cc3c4cc5c(cc4n(-c4nc(-c6ccc(-c7ccccc7)cc6)nc(-c6ccc(-c7ccccc7)cc6)n4)c3cc21)sc1ccccc15. The average Bonchev–Trinajstić information content (AvgIpc) is 3.89. The average molecular weight is 773 g/mol. The fourth-order valence-corrected chi connectivity index (χ4v) is 10.4. The molecule has 59 heavy (non-hydrogen) atoms. The molecule has 8 aromatic carbocycles. The fourth-order valence-electron chi connectivity index (χ4n) is 9.25. The van der Waals surface area contributed by atoms with Crippen molar-refractivity contribution in [3.63, 3.8) is 0 Å². The first-order valence-corrected chi connectivity index (χ1v) is 20.9. The minimum absolute atomic E-state index is 0.172. The van der Waals surface area contributed by atoms with Crippen molar-refractivity contribution in [1.29, 1.82) is 0 Å². The Kier molecular flexibility index (Phi) is 7.41. The van der Waals surface area contributed by atoms with Crippen molar-refractivity contribution in [2.75, 3.05) is 0 Å². The molecule has 0 radical (unpaired) electrons. The molecule has 0 bridgehead atoms. The third kappa shape index (κ3) is 5.32. The van der Waals surface area contributed by atoms with Gasteiger partial charge in [0.2, 0.25) is 5.95 Å². The van der Waals surface area contributed by atoms with Crippen LogP contribution in [0.5, 0.6) is 0 Å². The molecule has 4 nitrogen and oxygen atoms in total. The highest BCUT2D eigenvalue weighted by Gasteiger charge is 2.36. The van der Waals surface area contributed by atoms with Crippen LogP contribution in [-0.4, -0.2) is 19.5 Å². The van der Waals surface area contributed by atoms with Gasteiger partial charge in [-0.1, -0.05) is 166 Å². The summed E-state index contributed by atoms with van der Waals surface area (Å²) in [5, 5.41) is 4.92. The Hall–Kier alpha value is -7.21. The van der Waals surface area contributed by atoms with Crippen molar-refractivity contribution in [3.8, 4) is 62.1 Å². The first-order valence-electron chi connectivity index (χ1n) is 20.1. The number of benzene rings is 8. The van der Waals surface area contributed by atoms with Gasteiger partial charge in [0.05, 0.1) is 11.0 Å². The summed E-state index contributed by atoms with van der Waals surface area (Å²) in [5.74, 6) is 1.85. The lowest BCUT2D eigenvalue weighted by molar-refractivity contribution is 0.661. The molecule has 11 aromatic rings. The quantitative estimate of drug-likeness (QED) is 0.175. The Bertz CT molecular complexity index is 3330. The molecule has 3 aromatic heterocycles. The molecule has 1 aliphatic rings. The van der Waals surface area contributed by atoms with E-state index in [-0.39, 0.29) is 5.41 Å². The lowest BCUT2D eigenvalue weighted by Gasteiger charge is -2.21. The van der Waals surface area contributed by atoms with E-state index in [0.717, 1.165) is 33.3 Å². The third-order valence-electron chi connectivity index (χ3n) is 12.3. The van der Waals surface area contributed by atoms with Gasteiger partial charge in [0.25, 0.3) is 0 Å². The van der Waals surface area contributed by atoms with Gasteiger partial charge in [-0.25, -0.2) is 4.98 Å². The minimum atomic E-state index is -0.172. The summed E-state index contributed by atoms with van der Waals surface area (Å²) >= 11 is 1.84. The van der Waals surface area contributed by atoms with E-state index in [4.69, 9.17) is 15.0 Å². The van der Waals surface area contributed by atoms with Crippen molar-refractivity contribution in [2.45, 2.75) is 19.3 Å². The molecule has 1 aliphatic carbocycles. The second-order valence-electron chi connectivity index (χ2n) is 16.1. The van der Waals surface area contributed by atoms with E-state index in [0.29, 0.717) is 17.6 Å². The normalized spacial score (nSPS) is 13.1. The Balaban J connectivity index is 1.13. The van der Waals surface area contributed by atoms with Crippen LogP contribution in [0, 0.1) is 0 Å². The van der Waals surface area contributed by atoms with Gasteiger partial charge in [-0.15, -0.1) is 11.3 Å². The molecule has 3 heterocycles. The molecule has 0 unspecified atom stereocenters. The van der Waals surface area contributed by atoms with Gasteiger partial charge in [-0.3, -0.25) is 4.57 Å². The summed E-state index contributed by atoms with van der Waals surface area (Å²) in [6.45, 7) is 4.69. The highest BCUT2D eigenvalue weighted by atomic mass is 32.1. The van der Waals surface area contributed by atoms with E-state index in [1.807, 2.05) is 23.5 Å². The van der Waals surface area contributed by atoms with Gasteiger partial charge in [0.15, 0.2) is 11.6 Å². The summed E-state index contributed by atoms with van der Waals surface area (Å²) < 4.78 is 4.81. The molecule has 0 amide bonds. The highest BCUT2D eigenvalue weighted by molar-refractivity contribution is 7.25. The predicted molar refractivity (Wildman–Crippen MR) is 246 cm³/mol. The monoisotopic (exact) mass is 772 g/mol. The second-order valence-corrected chi connectivity index (χ2v) is 17.1. The van der Waals surface area contributed by atoms with Crippen LogP contribution >= 0.6 is 11.3 Å². The summed E-state index contributed by atoms with van der Waals surface area (Å²) in [7, 11) is 0. The van der Waals surface area contributed by atoms with Gasteiger partial charge < -0.3 is 0 Å². The van der Waals surface area contributed by atoms with Crippen LogP contribution in [0.1, 0.15) is 25.0 Å². The number of aromatic nitrogens is 4. The standard InChI is InChI=1S/C54H36N4S/c1-54(2)45-19-11-9-17-39(45)41-29-42-43-30-44-40-18-10-12-20-49(40)59-50(44)32-48(43)58(47(42)31-46(41)54)53-56-51(37-25-21-35(22-26-37)33-13-5-3-6-14-33)55-52(57-53)38-27-23-36(24-28-38)34-15-7-4-8-16-34/h3-32H,1-2H3. The Labute approximate surface area is 345 Å². The van der Waals surface area contributed by atoms with Crippen molar-refractivity contribution < 1.29 is 0 Å². The molecule has 0 atom stereocenters. The van der Waals surface area contributed by atoms with E-state index < -0.39 is 0 Å². The second kappa shape index (κ2) is 12.9. The van der Waals surface area contributed by atoms with Crippen LogP contribution in [-0.2, 0) is 5.41 Å². The zero-order valence-electron chi connectivity index (χ0n) is 32.5. The summed E-state index contributed by atoms with van der Waals surface area (Å²) in [6.07, 6.45) is 0. The summed E-state index contributed by atoms with van der Waals surface area (Å²) in [4.78, 5) is 16.0. The molecule has 5 heteroatoms. The van der Waals surface area contributed by atoms with Crippen LogP contribution in [0.3, 0.4) is 0 Å². The molecule has 12 rings (SSSR count). The minimum Gasteiger partial charge on any atom is -0.278 e. The lowest BCUT2D eigenvalue weighted by atomic mass is 9.82. The lowest BCUT2D eigenvalue weighted by Crippen LogP contribution is -2.15. The Morgan fingerprint density at radius 1 is 0.390 bits per heavy atom. The molecule has 0 spiro atoms. The number of hydrogen-bond donors (Lipinski definition) is 0. The van der Waals surface area contributed by atoms with E-state index in [1.165, 1.54) is 64.3 Å². The number of nitrogens with zero attached hydrogens (tertiary/aromatic N) is 4. The molecular weight excluding hydrogens is 737 g/mol. The van der Waals surface area contributed by atoms with Gasteiger partial charge >= 0.3 is 0 Å². The molecule has 0 fully saturated rings. The summed E-state index contributed by atoms with van der Waals surface area (Å²) in [5.41, 5.74) is 13.8. The maximum Gasteiger partial charge on any atom is 0.238 e. The van der Waals surface area contributed by atoms with Crippen molar-refractivity contribution in [2.24, 2.45) is 0 Å². The zero-order chi connectivity index (χ0) is 39.2. The van der Waals surface area contributed by atoms with Crippen LogP contribution in [0.25, 0.3) is 104 Å². The fraction of sp³-hybridized carbons (Fsp3) is 0.0556. The molecule has 0 aliphatic heterocycles. The number of hydrogen-bond acceptors (Lipinski definition) is 4. The Morgan fingerprint density at radius 2 is 0.915 bits per heavy atom. The molecule has 0 N–H and O–H groups in total. The van der Waals surface area contributed by atoms with Crippen LogP contribution in [0.4, 0.5) is 0 Å². The van der Waals surface area contributed by atoms with Crippen LogP contribution in [0.15, 0.2) is 182 Å². The van der Waals surface area contributed by atoms with E-state index in [2.05, 4.69) is 188 Å². The first kappa shape index (κ1) is 33.9. The Morgan fingerprint density at radius 3 is 1.58 bits per heavy atom. The van der Waals surface area contributed by atoms with Gasteiger partial charge in [0, 0.05) is 47.5 Å². The maximum absolute atomic E-state index is 5.38. The molecule has 0 saturated heterocycles. The number of thiophene rings is 1. The van der Waals surface area contributed by atoms with Crippen molar-refractivity contribution in [1.82, 2.24) is 19.5 Å². The molecule has 278 valence electrons. The van der Waals surface area contributed by atoms with Crippen LogP contribution < -0.4 is 0 Å². The number of rotatable bonds is 5. The zero-order valence-corrected chi connectivity index (χ0v) is 33.3. The van der Waals surface area contributed by atoms with Gasteiger partial charge in [-0.05, 0) is 74.8 Å². The number of fused-ring (bicyclic) bond motifs is 9. The van der Waals surface area contributed by atoms with Crippen LogP contribution in [0.2, 0.25) is 0 Å². The molecular formula is C54H36N4S. The largest absolute Gasteiger partial charge is 0.278 e. The van der Waals surface area contributed by atoms with Crippen molar-refractivity contribution >= 4 is 53.3 Å². The highest BCUT2D eigenvalue weighted by Crippen LogP contribution is 2.51. The van der Waals surface area contributed by atoms with E-state index in [1.54, 1.807) is 0 Å². The molecule has 0 saturated carbocycles. The van der Waals surface area contributed by atoms with Crippen molar-refractivity contribution in [3.05, 3.63) is 193 Å². The van der Waals surface area contributed by atoms with Gasteiger partial charge in [0.1, 0.15) is 0 Å². The topological polar surface area (TPSA) is 43.6 Å². The third-order valence-corrected chi connectivity index (χ3v) is 13.4. The van der Waals surface area contributed by atoms with E-state index >= 15 is 0 Å². The first-order chi connectivity index (χ1) is 29.0. The maximum atomic E-state index is 5.38. The smallest absolute Gasteiger partial charge is 0.238 e. The van der Waals surface area contributed by atoms with E-state index in [9.17, 15) is 0 Å². The van der Waals surface area contributed by atoms with Gasteiger partial charge in [-0.2, -0.15) is 9.97 Å². The summed E-state index contributed by atoms with van der Waals surface area (Å²) in [6, 6.07) is 65.3. The predicted octanol–water partition coefficient (Wildman–Crippen LogP) is 14.3.